The Labute approximate surface area is 121 Å². The largest absolute Gasteiger partial charge is 0.368 e. The fourth-order valence-electron chi connectivity index (χ4n) is 2.43. The number of hydrogen-bond acceptors (Lipinski definition) is 5. The number of hydrogen-bond donors (Lipinski definition) is 1. The minimum atomic E-state index is 0.00789. The molecule has 2 heterocycles. The molecule has 2 rings (SSSR count). The number of aromatic nitrogens is 2. The van der Waals surface area contributed by atoms with Crippen LogP contribution in [0.4, 0.5) is 0 Å². The lowest BCUT2D eigenvalue weighted by atomic mass is 10.2. The number of ether oxygens (including phenoxy) is 1. The normalized spacial score (nSPS) is 20.2. The van der Waals surface area contributed by atoms with Gasteiger partial charge in [0.15, 0.2) is 5.82 Å². The van der Waals surface area contributed by atoms with Crippen LogP contribution < -0.4 is 5.32 Å². The smallest absolute Gasteiger partial charge is 0.158 e. The van der Waals surface area contributed by atoms with E-state index in [1.165, 1.54) is 0 Å². The molecule has 1 aliphatic heterocycles. The molecule has 0 saturated carbocycles. The SMILES string of the molecule is CCCNCc1cc(C)nc(C2CN(CC)CCO2)n1. The Morgan fingerprint density at radius 2 is 2.25 bits per heavy atom. The van der Waals surface area contributed by atoms with Crippen molar-refractivity contribution in [3.8, 4) is 0 Å². The first-order valence-corrected chi connectivity index (χ1v) is 7.62. The fraction of sp³-hybridized carbons (Fsp3) is 0.733. The number of morpholine rings is 1. The van der Waals surface area contributed by atoms with Gasteiger partial charge in [0, 0.05) is 25.3 Å². The maximum atomic E-state index is 5.84. The first kappa shape index (κ1) is 15.4. The highest BCUT2D eigenvalue weighted by molar-refractivity contribution is 5.12. The average Bonchev–Trinajstić information content (AvgIpc) is 2.47. The third kappa shape index (κ3) is 4.23. The molecule has 112 valence electrons. The van der Waals surface area contributed by atoms with Gasteiger partial charge in [-0.2, -0.15) is 0 Å². The minimum Gasteiger partial charge on any atom is -0.368 e. The molecule has 1 aromatic rings. The Morgan fingerprint density at radius 1 is 1.40 bits per heavy atom. The summed E-state index contributed by atoms with van der Waals surface area (Å²) in [5.74, 6) is 0.830. The van der Waals surface area contributed by atoms with Gasteiger partial charge in [0.05, 0.1) is 12.3 Å². The van der Waals surface area contributed by atoms with Gasteiger partial charge in [0.2, 0.25) is 0 Å². The molecule has 5 heteroatoms. The first-order valence-electron chi connectivity index (χ1n) is 7.62. The zero-order valence-corrected chi connectivity index (χ0v) is 12.9. The van der Waals surface area contributed by atoms with Crippen LogP contribution in [0.15, 0.2) is 6.07 Å². The number of nitrogens with one attached hydrogen (secondary N) is 1. The number of nitrogens with zero attached hydrogens (tertiary/aromatic N) is 3. The quantitative estimate of drug-likeness (QED) is 0.802. The van der Waals surface area contributed by atoms with Crippen LogP contribution in [0.5, 0.6) is 0 Å². The molecule has 1 N–H and O–H groups in total. The van der Waals surface area contributed by atoms with Crippen molar-refractivity contribution in [1.82, 2.24) is 20.2 Å². The molecule has 1 atom stereocenters. The first-order chi connectivity index (χ1) is 9.72. The van der Waals surface area contributed by atoms with E-state index < -0.39 is 0 Å². The van der Waals surface area contributed by atoms with E-state index in [9.17, 15) is 0 Å². The molecule has 0 radical (unpaired) electrons. The molecular weight excluding hydrogens is 252 g/mol. The Balaban J connectivity index is 2.06. The molecule has 1 aromatic heterocycles. The highest BCUT2D eigenvalue weighted by Crippen LogP contribution is 2.19. The summed E-state index contributed by atoms with van der Waals surface area (Å²) in [6, 6.07) is 2.05. The van der Waals surface area contributed by atoms with Crippen LogP contribution in [0.3, 0.4) is 0 Å². The van der Waals surface area contributed by atoms with Gasteiger partial charge in [-0.25, -0.2) is 9.97 Å². The summed E-state index contributed by atoms with van der Waals surface area (Å²) < 4.78 is 5.84. The second-order valence-corrected chi connectivity index (χ2v) is 5.29. The Kier molecular flexibility index (Phi) is 5.88. The summed E-state index contributed by atoms with van der Waals surface area (Å²) in [6.45, 7) is 11.9. The standard InChI is InChI=1S/C15H26N4O/c1-4-6-16-10-13-9-12(3)17-15(18-13)14-11-19(5-2)7-8-20-14/h9,14,16H,4-8,10-11H2,1-3H3. The van der Waals surface area contributed by atoms with Gasteiger partial charge in [0.1, 0.15) is 6.10 Å². The highest BCUT2D eigenvalue weighted by Gasteiger charge is 2.23. The van der Waals surface area contributed by atoms with Crippen LogP contribution in [0.2, 0.25) is 0 Å². The number of aryl methyl sites for hydroxylation is 1. The van der Waals surface area contributed by atoms with Crippen molar-refractivity contribution in [2.45, 2.75) is 39.8 Å². The van der Waals surface area contributed by atoms with Crippen LogP contribution >= 0.6 is 0 Å². The second kappa shape index (κ2) is 7.67. The summed E-state index contributed by atoms with van der Waals surface area (Å²) in [6.07, 6.45) is 1.14. The molecule has 0 amide bonds. The molecule has 1 unspecified atom stereocenters. The van der Waals surface area contributed by atoms with E-state index >= 15 is 0 Å². The van der Waals surface area contributed by atoms with E-state index in [0.29, 0.717) is 0 Å². The van der Waals surface area contributed by atoms with Gasteiger partial charge in [0.25, 0.3) is 0 Å². The summed E-state index contributed by atoms with van der Waals surface area (Å²) >= 11 is 0. The fourth-order valence-corrected chi connectivity index (χ4v) is 2.43. The molecule has 0 aliphatic carbocycles. The second-order valence-electron chi connectivity index (χ2n) is 5.29. The van der Waals surface area contributed by atoms with Crippen molar-refractivity contribution in [3.05, 3.63) is 23.3 Å². The maximum Gasteiger partial charge on any atom is 0.158 e. The average molecular weight is 278 g/mol. The molecule has 1 saturated heterocycles. The Morgan fingerprint density at radius 3 is 3.00 bits per heavy atom. The van der Waals surface area contributed by atoms with Crippen LogP contribution in [-0.2, 0) is 11.3 Å². The van der Waals surface area contributed by atoms with Crippen molar-refractivity contribution in [2.24, 2.45) is 0 Å². The molecule has 1 fully saturated rings. The molecular formula is C15H26N4O. The van der Waals surface area contributed by atoms with Crippen LogP contribution in [0, 0.1) is 6.92 Å². The molecule has 0 spiro atoms. The summed E-state index contributed by atoms with van der Waals surface area (Å²) in [7, 11) is 0. The van der Waals surface area contributed by atoms with Crippen molar-refractivity contribution < 1.29 is 4.74 Å². The van der Waals surface area contributed by atoms with Gasteiger partial charge in [-0.05, 0) is 32.5 Å². The van der Waals surface area contributed by atoms with Crippen molar-refractivity contribution in [3.63, 3.8) is 0 Å². The lowest BCUT2D eigenvalue weighted by molar-refractivity contribution is -0.0327. The van der Waals surface area contributed by atoms with Crippen LogP contribution in [-0.4, -0.2) is 47.7 Å². The number of likely N-dealkylation sites (N-methyl/N-ethyl adjacent to an activating group) is 1. The van der Waals surface area contributed by atoms with E-state index in [4.69, 9.17) is 4.74 Å². The summed E-state index contributed by atoms with van der Waals surface area (Å²) in [5.41, 5.74) is 2.07. The zero-order chi connectivity index (χ0) is 14.4. The predicted molar refractivity (Wildman–Crippen MR) is 79.6 cm³/mol. The van der Waals surface area contributed by atoms with Crippen LogP contribution in [0.1, 0.15) is 43.6 Å². The van der Waals surface area contributed by atoms with Crippen molar-refractivity contribution in [2.75, 3.05) is 32.8 Å². The zero-order valence-electron chi connectivity index (χ0n) is 12.9. The van der Waals surface area contributed by atoms with E-state index in [1.807, 2.05) is 13.0 Å². The van der Waals surface area contributed by atoms with Crippen molar-refractivity contribution in [1.29, 1.82) is 0 Å². The Bertz CT molecular complexity index is 424. The Hall–Kier alpha value is -1.04. The summed E-state index contributed by atoms with van der Waals surface area (Å²) in [4.78, 5) is 11.6. The van der Waals surface area contributed by atoms with Gasteiger partial charge in [-0.3, -0.25) is 4.90 Å². The molecule has 1 aliphatic rings. The predicted octanol–water partition coefficient (Wildman–Crippen LogP) is 1.68. The van der Waals surface area contributed by atoms with E-state index in [1.54, 1.807) is 0 Å². The van der Waals surface area contributed by atoms with Gasteiger partial charge >= 0.3 is 0 Å². The van der Waals surface area contributed by atoms with Gasteiger partial charge in [-0.1, -0.05) is 13.8 Å². The lowest BCUT2D eigenvalue weighted by Gasteiger charge is -2.31. The third-order valence-corrected chi connectivity index (χ3v) is 3.54. The molecule has 0 bridgehead atoms. The maximum absolute atomic E-state index is 5.84. The van der Waals surface area contributed by atoms with E-state index in [2.05, 4.69) is 34.0 Å². The lowest BCUT2D eigenvalue weighted by Crippen LogP contribution is -2.38. The van der Waals surface area contributed by atoms with E-state index in [-0.39, 0.29) is 6.10 Å². The molecule has 5 nitrogen and oxygen atoms in total. The summed E-state index contributed by atoms with van der Waals surface area (Å²) in [5, 5.41) is 3.39. The van der Waals surface area contributed by atoms with E-state index in [0.717, 1.165) is 63.0 Å². The third-order valence-electron chi connectivity index (χ3n) is 3.54. The molecule has 20 heavy (non-hydrogen) atoms. The monoisotopic (exact) mass is 278 g/mol. The minimum absolute atomic E-state index is 0.00789. The van der Waals surface area contributed by atoms with Crippen molar-refractivity contribution >= 4 is 0 Å². The number of rotatable bonds is 6. The van der Waals surface area contributed by atoms with Crippen LogP contribution in [0.25, 0.3) is 0 Å². The topological polar surface area (TPSA) is 50.3 Å². The molecule has 0 aromatic carbocycles. The highest BCUT2D eigenvalue weighted by atomic mass is 16.5. The van der Waals surface area contributed by atoms with Gasteiger partial charge < -0.3 is 10.1 Å². The van der Waals surface area contributed by atoms with Gasteiger partial charge in [-0.15, -0.1) is 0 Å².